The Morgan fingerprint density at radius 1 is 1.32 bits per heavy atom. The Morgan fingerprint density at radius 2 is 2.14 bits per heavy atom. The summed E-state index contributed by atoms with van der Waals surface area (Å²) in [5.74, 6) is 1.29. The van der Waals surface area contributed by atoms with Crippen molar-refractivity contribution >= 4 is 17.8 Å². The van der Waals surface area contributed by atoms with Gasteiger partial charge in [-0.1, -0.05) is 0 Å². The fourth-order valence-corrected chi connectivity index (χ4v) is 1.78. The Morgan fingerprint density at radius 3 is 2.82 bits per heavy atom. The number of amides is 1. The van der Waals surface area contributed by atoms with E-state index in [4.69, 9.17) is 9.15 Å². The average molecular weight is 301 g/mol. The molecule has 1 aromatic carbocycles. The molecule has 0 aliphatic rings. The van der Waals surface area contributed by atoms with Gasteiger partial charge >= 0.3 is 0 Å². The van der Waals surface area contributed by atoms with Crippen molar-refractivity contribution in [3.63, 3.8) is 0 Å². The first-order valence-corrected chi connectivity index (χ1v) is 7.01. The van der Waals surface area contributed by atoms with E-state index in [1.807, 2.05) is 24.3 Å². The maximum Gasteiger partial charge on any atom is 0.240 e. The number of carbonyl (C=O) groups is 1. The molecule has 0 aliphatic carbocycles. The molecule has 2 N–H and O–H groups in total. The predicted octanol–water partition coefficient (Wildman–Crippen LogP) is 2.63. The van der Waals surface area contributed by atoms with Crippen LogP contribution < -0.4 is 15.5 Å². The number of methoxy groups -OCH3 is 1. The number of nitrogens with zero attached hydrogens (tertiary/aromatic N) is 1. The van der Waals surface area contributed by atoms with Crippen molar-refractivity contribution in [2.75, 3.05) is 19.0 Å². The minimum atomic E-state index is -0.126. The van der Waals surface area contributed by atoms with Crippen LogP contribution in [0.15, 0.2) is 52.2 Å². The van der Waals surface area contributed by atoms with E-state index in [9.17, 15) is 4.79 Å². The smallest absolute Gasteiger partial charge is 0.240 e. The molecule has 0 saturated heterocycles. The van der Waals surface area contributed by atoms with Crippen molar-refractivity contribution in [3.05, 3.63) is 48.4 Å². The Hall–Kier alpha value is -2.76. The van der Waals surface area contributed by atoms with Gasteiger partial charge in [0.2, 0.25) is 5.91 Å². The van der Waals surface area contributed by atoms with Gasteiger partial charge in [-0.05, 0) is 42.8 Å². The molecule has 1 amide bonds. The minimum absolute atomic E-state index is 0.126. The maximum absolute atomic E-state index is 11.6. The highest BCUT2D eigenvalue weighted by Gasteiger charge is 2.00. The lowest BCUT2D eigenvalue weighted by molar-refractivity contribution is -0.121. The molecule has 2 rings (SSSR count). The average Bonchev–Trinajstić information content (AvgIpc) is 3.05. The number of rotatable bonds is 8. The molecular weight excluding hydrogens is 282 g/mol. The van der Waals surface area contributed by atoms with Gasteiger partial charge < -0.3 is 14.5 Å². The molecule has 2 aromatic rings. The molecule has 6 heteroatoms. The van der Waals surface area contributed by atoms with Crippen molar-refractivity contribution in [1.29, 1.82) is 0 Å². The second-order valence-corrected chi connectivity index (χ2v) is 4.57. The summed E-state index contributed by atoms with van der Waals surface area (Å²) in [7, 11) is 1.63. The number of hydrazone groups is 1. The van der Waals surface area contributed by atoms with E-state index in [-0.39, 0.29) is 5.91 Å². The predicted molar refractivity (Wildman–Crippen MR) is 85.2 cm³/mol. The van der Waals surface area contributed by atoms with Gasteiger partial charge in [-0.2, -0.15) is 5.10 Å². The lowest BCUT2D eigenvalue weighted by Crippen LogP contribution is -2.18. The summed E-state index contributed by atoms with van der Waals surface area (Å²) in [6.07, 6.45) is 4.13. The molecule has 0 fully saturated rings. The van der Waals surface area contributed by atoms with Crippen LogP contribution in [-0.2, 0) is 4.79 Å². The third-order valence-corrected chi connectivity index (χ3v) is 2.92. The molecule has 0 bridgehead atoms. The van der Waals surface area contributed by atoms with Crippen molar-refractivity contribution in [2.45, 2.75) is 12.8 Å². The highest BCUT2D eigenvalue weighted by atomic mass is 16.5. The maximum atomic E-state index is 11.6. The minimum Gasteiger partial charge on any atom is -0.497 e. The number of benzene rings is 1. The fourth-order valence-electron chi connectivity index (χ4n) is 1.78. The van der Waals surface area contributed by atoms with Crippen molar-refractivity contribution in [3.8, 4) is 5.75 Å². The van der Waals surface area contributed by atoms with Gasteiger partial charge in [-0.25, -0.2) is 5.43 Å². The normalized spacial score (nSPS) is 10.6. The molecule has 1 heterocycles. The van der Waals surface area contributed by atoms with Crippen LogP contribution in [0.5, 0.6) is 5.75 Å². The van der Waals surface area contributed by atoms with Crippen LogP contribution in [0.25, 0.3) is 0 Å². The summed E-state index contributed by atoms with van der Waals surface area (Å²) < 4.78 is 10.1. The molecule has 0 unspecified atom stereocenters. The molecule has 6 nitrogen and oxygen atoms in total. The summed E-state index contributed by atoms with van der Waals surface area (Å²) >= 11 is 0. The number of furan rings is 1. The SMILES string of the molecule is COc1ccc(NCCCC(=O)N/N=C/c2ccco2)cc1. The number of anilines is 1. The van der Waals surface area contributed by atoms with E-state index >= 15 is 0 Å². The van der Waals surface area contributed by atoms with Crippen molar-refractivity contribution in [1.82, 2.24) is 5.43 Å². The van der Waals surface area contributed by atoms with E-state index in [1.54, 1.807) is 25.5 Å². The zero-order valence-electron chi connectivity index (χ0n) is 12.4. The molecule has 0 atom stereocenters. The Bertz CT molecular complexity index is 592. The molecule has 116 valence electrons. The molecule has 0 aliphatic heterocycles. The lowest BCUT2D eigenvalue weighted by atomic mass is 10.2. The first-order valence-electron chi connectivity index (χ1n) is 7.01. The standard InChI is InChI=1S/C16H19N3O3/c1-21-14-8-6-13(7-9-14)17-10-2-5-16(20)19-18-12-15-4-3-11-22-15/h3-4,6-9,11-12,17H,2,5,10H2,1H3,(H,19,20)/b18-12+. The first-order chi connectivity index (χ1) is 10.8. The second-order valence-electron chi connectivity index (χ2n) is 4.57. The van der Waals surface area contributed by atoms with Crippen LogP contribution in [0.1, 0.15) is 18.6 Å². The Kier molecular flexibility index (Phi) is 6.04. The molecule has 22 heavy (non-hydrogen) atoms. The van der Waals surface area contributed by atoms with Crippen molar-refractivity contribution in [2.24, 2.45) is 5.10 Å². The van der Waals surface area contributed by atoms with Crippen LogP contribution in [-0.4, -0.2) is 25.8 Å². The monoisotopic (exact) mass is 301 g/mol. The lowest BCUT2D eigenvalue weighted by Gasteiger charge is -2.06. The van der Waals surface area contributed by atoms with Crippen molar-refractivity contribution < 1.29 is 13.9 Å². The number of nitrogens with one attached hydrogen (secondary N) is 2. The fraction of sp³-hybridized carbons (Fsp3) is 0.250. The van der Waals surface area contributed by atoms with Gasteiger partial charge in [0.15, 0.2) is 0 Å². The molecular formula is C16H19N3O3. The zero-order valence-corrected chi connectivity index (χ0v) is 12.4. The van der Waals surface area contributed by atoms with Crippen LogP contribution in [0, 0.1) is 0 Å². The van der Waals surface area contributed by atoms with E-state index in [0.717, 1.165) is 11.4 Å². The number of hydrogen-bond acceptors (Lipinski definition) is 5. The van der Waals surface area contributed by atoms with E-state index in [0.29, 0.717) is 25.1 Å². The number of hydrogen-bond donors (Lipinski definition) is 2. The molecule has 0 radical (unpaired) electrons. The quantitative estimate of drug-likeness (QED) is 0.446. The van der Waals surface area contributed by atoms with Crippen LogP contribution in [0.3, 0.4) is 0 Å². The number of ether oxygens (including phenoxy) is 1. The third kappa shape index (κ3) is 5.32. The molecule has 1 aromatic heterocycles. The van der Waals surface area contributed by atoms with Crippen LogP contribution in [0.2, 0.25) is 0 Å². The first kappa shape index (κ1) is 15.6. The summed E-state index contributed by atoms with van der Waals surface area (Å²) in [6, 6.07) is 11.2. The topological polar surface area (TPSA) is 75.9 Å². The van der Waals surface area contributed by atoms with E-state index in [2.05, 4.69) is 15.8 Å². The zero-order chi connectivity index (χ0) is 15.6. The summed E-state index contributed by atoms with van der Waals surface area (Å²) in [4.78, 5) is 11.6. The van der Waals surface area contributed by atoms with Gasteiger partial charge in [0.05, 0.1) is 19.6 Å². The van der Waals surface area contributed by atoms with Crippen LogP contribution in [0.4, 0.5) is 5.69 Å². The Balaban J connectivity index is 1.60. The summed E-state index contributed by atoms with van der Waals surface area (Å²) in [5, 5.41) is 7.06. The van der Waals surface area contributed by atoms with Crippen LogP contribution >= 0.6 is 0 Å². The Labute approximate surface area is 129 Å². The van der Waals surface area contributed by atoms with Gasteiger partial charge in [0.1, 0.15) is 11.5 Å². The van der Waals surface area contributed by atoms with Gasteiger partial charge in [-0.15, -0.1) is 0 Å². The largest absolute Gasteiger partial charge is 0.497 e. The summed E-state index contributed by atoms with van der Waals surface area (Å²) in [6.45, 7) is 0.710. The third-order valence-electron chi connectivity index (χ3n) is 2.92. The van der Waals surface area contributed by atoms with Gasteiger partial charge in [-0.3, -0.25) is 4.79 Å². The van der Waals surface area contributed by atoms with E-state index < -0.39 is 0 Å². The molecule has 0 spiro atoms. The second kappa shape index (κ2) is 8.51. The summed E-state index contributed by atoms with van der Waals surface area (Å²) in [5.41, 5.74) is 3.46. The highest BCUT2D eigenvalue weighted by molar-refractivity contribution is 5.80. The van der Waals surface area contributed by atoms with E-state index in [1.165, 1.54) is 6.21 Å². The number of carbonyl (C=O) groups excluding carboxylic acids is 1. The highest BCUT2D eigenvalue weighted by Crippen LogP contribution is 2.14. The molecule has 0 saturated carbocycles. The van der Waals surface area contributed by atoms with Gasteiger partial charge in [0, 0.05) is 18.7 Å². The van der Waals surface area contributed by atoms with Gasteiger partial charge in [0.25, 0.3) is 0 Å².